The van der Waals surface area contributed by atoms with Crippen molar-refractivity contribution in [1.82, 2.24) is 4.98 Å². The highest BCUT2D eigenvalue weighted by Gasteiger charge is 2.13. The molecule has 0 amide bonds. The molecule has 3 rings (SSSR count). The van der Waals surface area contributed by atoms with Crippen molar-refractivity contribution in [2.24, 2.45) is 0 Å². The van der Waals surface area contributed by atoms with E-state index in [1.165, 1.54) is 6.07 Å². The van der Waals surface area contributed by atoms with E-state index in [9.17, 15) is 4.39 Å². The van der Waals surface area contributed by atoms with Crippen LogP contribution in [-0.2, 0) is 6.61 Å². The maximum absolute atomic E-state index is 14.6. The zero-order chi connectivity index (χ0) is 18.7. The van der Waals surface area contributed by atoms with E-state index in [0.717, 1.165) is 22.4 Å². The van der Waals surface area contributed by atoms with Crippen LogP contribution in [0.5, 0.6) is 5.75 Å². The number of halogens is 2. The fraction of sp³-hybridized carbons (Fsp3) is 0.190. The molecule has 5 heteroatoms. The minimum absolute atomic E-state index is 0.221. The molecule has 1 N–H and O–H groups in total. The van der Waals surface area contributed by atoms with Crippen LogP contribution in [0.3, 0.4) is 0 Å². The van der Waals surface area contributed by atoms with Gasteiger partial charge in [0.05, 0.1) is 5.69 Å². The Labute approximate surface area is 157 Å². The van der Waals surface area contributed by atoms with Crippen molar-refractivity contribution in [2.75, 3.05) is 12.4 Å². The zero-order valence-electron chi connectivity index (χ0n) is 14.9. The lowest BCUT2D eigenvalue weighted by Crippen LogP contribution is -2.04. The Bertz CT molecular complexity index is 943. The first-order valence-corrected chi connectivity index (χ1v) is 8.69. The fourth-order valence-corrected chi connectivity index (χ4v) is 3.04. The SMILES string of the molecule is CNc1cccc(C)c1COc1cc(C)c(-c2cccc(Cl)n2)cc1F. The van der Waals surface area contributed by atoms with Crippen LogP contribution in [0.1, 0.15) is 16.7 Å². The number of hydrogen-bond acceptors (Lipinski definition) is 3. The third-order valence-corrected chi connectivity index (χ3v) is 4.53. The van der Waals surface area contributed by atoms with E-state index in [0.29, 0.717) is 16.4 Å². The van der Waals surface area contributed by atoms with Crippen LogP contribution in [0.4, 0.5) is 10.1 Å². The number of benzene rings is 2. The monoisotopic (exact) mass is 370 g/mol. The molecule has 0 fully saturated rings. The van der Waals surface area contributed by atoms with E-state index >= 15 is 0 Å². The van der Waals surface area contributed by atoms with Crippen LogP contribution >= 0.6 is 11.6 Å². The van der Waals surface area contributed by atoms with Crippen LogP contribution in [0.2, 0.25) is 5.15 Å². The maximum atomic E-state index is 14.6. The second-order valence-electron chi connectivity index (χ2n) is 6.08. The van der Waals surface area contributed by atoms with Gasteiger partial charge >= 0.3 is 0 Å². The van der Waals surface area contributed by atoms with Gasteiger partial charge in [-0.1, -0.05) is 29.8 Å². The summed E-state index contributed by atoms with van der Waals surface area (Å²) in [5, 5.41) is 3.52. The minimum atomic E-state index is -0.424. The number of hydrogen-bond donors (Lipinski definition) is 1. The van der Waals surface area contributed by atoms with E-state index < -0.39 is 5.82 Å². The summed E-state index contributed by atoms with van der Waals surface area (Å²) in [7, 11) is 1.86. The number of aromatic nitrogens is 1. The van der Waals surface area contributed by atoms with Gasteiger partial charge < -0.3 is 10.1 Å². The third-order valence-electron chi connectivity index (χ3n) is 4.32. The molecule has 134 valence electrons. The number of pyridine rings is 1. The normalized spacial score (nSPS) is 10.7. The molecule has 1 aromatic heterocycles. The van der Waals surface area contributed by atoms with Gasteiger partial charge in [-0.25, -0.2) is 9.37 Å². The summed E-state index contributed by atoms with van der Waals surface area (Å²) in [5.41, 5.74) is 5.28. The Balaban J connectivity index is 1.88. The lowest BCUT2D eigenvalue weighted by atomic mass is 10.0. The molecule has 1 heterocycles. The van der Waals surface area contributed by atoms with E-state index in [2.05, 4.69) is 10.3 Å². The summed E-state index contributed by atoms with van der Waals surface area (Å²) >= 11 is 5.94. The molecule has 0 bridgehead atoms. The lowest BCUT2D eigenvalue weighted by Gasteiger charge is -2.15. The Morgan fingerprint density at radius 2 is 1.85 bits per heavy atom. The highest BCUT2D eigenvalue weighted by Crippen LogP contribution is 2.30. The quantitative estimate of drug-likeness (QED) is 0.578. The van der Waals surface area contributed by atoms with Crippen LogP contribution < -0.4 is 10.1 Å². The smallest absolute Gasteiger partial charge is 0.165 e. The number of anilines is 1. The molecule has 0 saturated carbocycles. The first-order valence-electron chi connectivity index (χ1n) is 8.31. The van der Waals surface area contributed by atoms with Gasteiger partial charge in [0, 0.05) is 23.9 Å². The van der Waals surface area contributed by atoms with Gasteiger partial charge in [0.1, 0.15) is 11.8 Å². The van der Waals surface area contributed by atoms with Crippen molar-refractivity contribution in [3.8, 4) is 17.0 Å². The van der Waals surface area contributed by atoms with E-state index in [1.807, 2.05) is 39.1 Å². The second-order valence-corrected chi connectivity index (χ2v) is 6.47. The lowest BCUT2D eigenvalue weighted by molar-refractivity contribution is 0.290. The van der Waals surface area contributed by atoms with Gasteiger partial charge in [-0.15, -0.1) is 0 Å². The first-order chi connectivity index (χ1) is 12.5. The molecule has 0 saturated heterocycles. The molecule has 3 aromatic rings. The van der Waals surface area contributed by atoms with Gasteiger partial charge in [0.2, 0.25) is 0 Å². The molecule has 26 heavy (non-hydrogen) atoms. The Kier molecular flexibility index (Phi) is 5.43. The molecular weight excluding hydrogens is 351 g/mol. The maximum Gasteiger partial charge on any atom is 0.165 e. The highest BCUT2D eigenvalue weighted by atomic mass is 35.5. The van der Waals surface area contributed by atoms with Crippen molar-refractivity contribution in [1.29, 1.82) is 0 Å². The second kappa shape index (κ2) is 7.75. The van der Waals surface area contributed by atoms with Crippen molar-refractivity contribution >= 4 is 17.3 Å². The van der Waals surface area contributed by atoms with Crippen molar-refractivity contribution in [3.63, 3.8) is 0 Å². The summed E-state index contributed by atoms with van der Waals surface area (Å²) in [5.74, 6) is -0.203. The predicted molar refractivity (Wildman–Crippen MR) is 104 cm³/mol. The molecule has 0 unspecified atom stereocenters. The molecule has 0 aliphatic carbocycles. The van der Waals surface area contributed by atoms with Crippen molar-refractivity contribution < 1.29 is 9.13 Å². The summed E-state index contributed by atoms with van der Waals surface area (Å²) < 4.78 is 20.4. The van der Waals surface area contributed by atoms with Crippen molar-refractivity contribution in [2.45, 2.75) is 20.5 Å². The average Bonchev–Trinajstić information content (AvgIpc) is 2.62. The third kappa shape index (κ3) is 3.81. The first kappa shape index (κ1) is 18.2. The van der Waals surface area contributed by atoms with Gasteiger partial charge in [-0.05, 0) is 55.3 Å². The number of ether oxygens (including phenoxy) is 1. The number of aryl methyl sites for hydroxylation is 2. The molecule has 2 aromatic carbocycles. The molecular formula is C21H20ClFN2O. The van der Waals surface area contributed by atoms with Crippen LogP contribution in [0.15, 0.2) is 48.5 Å². The predicted octanol–water partition coefficient (Wildman–Crippen LogP) is 5.78. The van der Waals surface area contributed by atoms with Gasteiger partial charge in [0.25, 0.3) is 0 Å². The average molecular weight is 371 g/mol. The Morgan fingerprint density at radius 1 is 1.08 bits per heavy atom. The molecule has 0 aliphatic rings. The fourth-order valence-electron chi connectivity index (χ4n) is 2.88. The van der Waals surface area contributed by atoms with Gasteiger partial charge in [-0.3, -0.25) is 0 Å². The molecule has 3 nitrogen and oxygen atoms in total. The van der Waals surface area contributed by atoms with Crippen LogP contribution in [-0.4, -0.2) is 12.0 Å². The number of rotatable bonds is 5. The topological polar surface area (TPSA) is 34.1 Å². The van der Waals surface area contributed by atoms with E-state index in [-0.39, 0.29) is 12.4 Å². The minimum Gasteiger partial charge on any atom is -0.486 e. The highest BCUT2D eigenvalue weighted by molar-refractivity contribution is 6.29. The Hall–Kier alpha value is -2.59. The van der Waals surface area contributed by atoms with Crippen LogP contribution in [0, 0.1) is 19.7 Å². The summed E-state index contributed by atoms with van der Waals surface area (Å²) in [6.07, 6.45) is 0. The van der Waals surface area contributed by atoms with E-state index in [1.54, 1.807) is 24.3 Å². The number of nitrogens with one attached hydrogen (secondary N) is 1. The number of nitrogens with zero attached hydrogens (tertiary/aromatic N) is 1. The molecule has 0 radical (unpaired) electrons. The van der Waals surface area contributed by atoms with Crippen LogP contribution in [0.25, 0.3) is 11.3 Å². The summed E-state index contributed by atoms with van der Waals surface area (Å²) in [6, 6.07) is 14.4. The largest absolute Gasteiger partial charge is 0.486 e. The standard InChI is InChI=1S/C21H20ClFN2O/c1-13-6-4-7-18(24-3)16(13)12-26-20-10-14(2)15(11-17(20)23)19-8-5-9-21(22)25-19/h4-11,24H,12H2,1-3H3. The molecule has 0 aliphatic heterocycles. The molecule has 0 spiro atoms. The summed E-state index contributed by atoms with van der Waals surface area (Å²) in [6.45, 7) is 4.19. The van der Waals surface area contributed by atoms with Gasteiger partial charge in [0.15, 0.2) is 11.6 Å². The zero-order valence-corrected chi connectivity index (χ0v) is 15.7. The summed E-state index contributed by atoms with van der Waals surface area (Å²) in [4.78, 5) is 4.25. The molecule has 0 atom stereocenters. The van der Waals surface area contributed by atoms with Gasteiger partial charge in [-0.2, -0.15) is 0 Å². The Morgan fingerprint density at radius 3 is 2.58 bits per heavy atom. The van der Waals surface area contributed by atoms with E-state index in [4.69, 9.17) is 16.3 Å². The van der Waals surface area contributed by atoms with Crippen molar-refractivity contribution in [3.05, 3.63) is 76.2 Å².